The maximum absolute atomic E-state index is 6.10. The van der Waals surface area contributed by atoms with Gasteiger partial charge in [-0.05, 0) is 18.4 Å². The van der Waals surface area contributed by atoms with Crippen molar-refractivity contribution in [3.05, 3.63) is 78.4 Å². The van der Waals surface area contributed by atoms with Crippen molar-refractivity contribution in [3.8, 4) is 0 Å². The molecular weight excluding hydrogens is 276 g/mol. The quantitative estimate of drug-likeness (QED) is 0.680. The summed E-state index contributed by atoms with van der Waals surface area (Å²) in [6.07, 6.45) is 10.4. The molecule has 0 radical (unpaired) electrons. The Hall–Kier alpha value is -2.53. The van der Waals surface area contributed by atoms with Gasteiger partial charge in [-0.3, -0.25) is 0 Å². The molecule has 3 aromatic rings. The number of hydrogen-bond donors (Lipinski definition) is 1. The zero-order valence-electron chi connectivity index (χ0n) is 12.2. The first-order chi connectivity index (χ1) is 10.9. The van der Waals surface area contributed by atoms with E-state index in [1.54, 1.807) is 18.7 Å². The van der Waals surface area contributed by atoms with Crippen molar-refractivity contribution in [1.82, 2.24) is 19.9 Å². The van der Waals surface area contributed by atoms with Gasteiger partial charge in [0.15, 0.2) is 0 Å². The maximum atomic E-state index is 6.10. The number of rotatable bonds is 7. The normalized spacial score (nSPS) is 12.2. The van der Waals surface area contributed by atoms with Crippen LogP contribution in [0.25, 0.3) is 0 Å². The van der Waals surface area contributed by atoms with E-state index in [9.17, 15) is 0 Å². The summed E-state index contributed by atoms with van der Waals surface area (Å²) in [6, 6.07) is 10.2. The van der Waals surface area contributed by atoms with Crippen LogP contribution in [-0.4, -0.2) is 26.5 Å². The number of H-pyrrole nitrogens is 1. The average Bonchev–Trinajstić information content (AvgIpc) is 3.10. The van der Waals surface area contributed by atoms with Crippen molar-refractivity contribution >= 4 is 0 Å². The van der Waals surface area contributed by atoms with Gasteiger partial charge in [0.25, 0.3) is 0 Å². The van der Waals surface area contributed by atoms with Crippen LogP contribution in [0.15, 0.2) is 61.6 Å². The van der Waals surface area contributed by atoms with E-state index in [-0.39, 0.29) is 6.10 Å². The highest BCUT2D eigenvalue weighted by atomic mass is 16.5. The molecule has 3 rings (SSSR count). The Morgan fingerprint density at radius 1 is 0.955 bits per heavy atom. The molecule has 22 heavy (non-hydrogen) atoms. The van der Waals surface area contributed by atoms with Crippen molar-refractivity contribution in [2.75, 3.05) is 6.61 Å². The van der Waals surface area contributed by atoms with Gasteiger partial charge >= 0.3 is 0 Å². The summed E-state index contributed by atoms with van der Waals surface area (Å²) in [7, 11) is 0. The van der Waals surface area contributed by atoms with Crippen molar-refractivity contribution in [2.45, 2.75) is 18.9 Å². The van der Waals surface area contributed by atoms with Gasteiger partial charge in [-0.25, -0.2) is 15.0 Å². The van der Waals surface area contributed by atoms with Gasteiger partial charge in [0, 0.05) is 36.5 Å². The first kappa shape index (κ1) is 14.4. The second-order valence-electron chi connectivity index (χ2n) is 5.01. The van der Waals surface area contributed by atoms with E-state index in [4.69, 9.17) is 4.74 Å². The van der Waals surface area contributed by atoms with Gasteiger partial charge in [-0.2, -0.15) is 0 Å². The molecule has 112 valence electrons. The minimum atomic E-state index is -0.135. The lowest BCUT2D eigenvalue weighted by molar-refractivity contribution is 0.0778. The molecule has 0 saturated heterocycles. The van der Waals surface area contributed by atoms with Crippen LogP contribution >= 0.6 is 0 Å². The monoisotopic (exact) mass is 294 g/mol. The van der Waals surface area contributed by atoms with Crippen LogP contribution < -0.4 is 0 Å². The third-order valence-electron chi connectivity index (χ3n) is 3.42. The predicted octanol–water partition coefficient (Wildman–Crippen LogP) is 2.94. The van der Waals surface area contributed by atoms with Gasteiger partial charge in [0.1, 0.15) is 12.4 Å². The van der Waals surface area contributed by atoms with Crippen LogP contribution in [-0.2, 0) is 11.2 Å². The molecule has 0 bridgehead atoms. The largest absolute Gasteiger partial charge is 0.369 e. The molecule has 5 nitrogen and oxygen atoms in total. The number of nitrogens with one attached hydrogen (secondary N) is 1. The SMILES string of the molecule is c1ccc(C(OCCCc2cnc[nH]2)c2cncnc2)cc1. The van der Waals surface area contributed by atoms with E-state index in [0.29, 0.717) is 6.61 Å². The van der Waals surface area contributed by atoms with Crippen LogP contribution in [0.3, 0.4) is 0 Å². The molecule has 0 fully saturated rings. The summed E-state index contributed by atoms with van der Waals surface area (Å²) in [6.45, 7) is 0.660. The fourth-order valence-electron chi connectivity index (χ4n) is 2.34. The van der Waals surface area contributed by atoms with Crippen LogP contribution in [0, 0.1) is 0 Å². The lowest BCUT2D eigenvalue weighted by Crippen LogP contribution is -2.09. The lowest BCUT2D eigenvalue weighted by atomic mass is 10.0. The van der Waals surface area contributed by atoms with E-state index < -0.39 is 0 Å². The van der Waals surface area contributed by atoms with Crippen molar-refractivity contribution < 1.29 is 4.74 Å². The smallest absolute Gasteiger partial charge is 0.115 e. The number of aromatic nitrogens is 4. The standard InChI is InChI=1S/C17H18N4O/c1-2-5-14(6-3-1)17(15-9-18-12-19-10-15)22-8-4-7-16-11-20-13-21-16/h1-3,5-6,9-13,17H,4,7-8H2,(H,20,21). The molecule has 0 spiro atoms. The highest BCUT2D eigenvalue weighted by Gasteiger charge is 2.15. The third kappa shape index (κ3) is 3.77. The molecule has 0 aliphatic carbocycles. The molecule has 0 amide bonds. The predicted molar refractivity (Wildman–Crippen MR) is 83.2 cm³/mol. The average molecular weight is 294 g/mol. The summed E-state index contributed by atoms with van der Waals surface area (Å²) in [5.74, 6) is 0. The number of hydrogen-bond acceptors (Lipinski definition) is 4. The Kier molecular flexibility index (Phi) is 4.89. The molecule has 0 saturated carbocycles. The highest BCUT2D eigenvalue weighted by Crippen LogP contribution is 2.24. The Labute approximate surface area is 129 Å². The summed E-state index contributed by atoms with van der Waals surface area (Å²) in [5, 5.41) is 0. The van der Waals surface area contributed by atoms with E-state index in [0.717, 1.165) is 29.7 Å². The second kappa shape index (κ2) is 7.47. The molecule has 1 unspecified atom stereocenters. The van der Waals surface area contributed by atoms with E-state index in [2.05, 4.69) is 32.1 Å². The number of benzene rings is 1. The zero-order valence-corrected chi connectivity index (χ0v) is 12.2. The first-order valence-corrected chi connectivity index (χ1v) is 7.32. The molecule has 2 heterocycles. The van der Waals surface area contributed by atoms with Crippen LogP contribution in [0.1, 0.15) is 29.3 Å². The molecule has 1 N–H and O–H groups in total. The van der Waals surface area contributed by atoms with Gasteiger partial charge < -0.3 is 9.72 Å². The Balaban J connectivity index is 1.64. The Morgan fingerprint density at radius 2 is 1.77 bits per heavy atom. The zero-order chi connectivity index (χ0) is 15.0. The van der Waals surface area contributed by atoms with E-state index in [1.165, 1.54) is 6.33 Å². The maximum Gasteiger partial charge on any atom is 0.115 e. The molecule has 0 aliphatic heterocycles. The fourth-order valence-corrected chi connectivity index (χ4v) is 2.34. The topological polar surface area (TPSA) is 63.7 Å². The fraction of sp³-hybridized carbons (Fsp3) is 0.235. The minimum Gasteiger partial charge on any atom is -0.369 e. The van der Waals surface area contributed by atoms with Crippen molar-refractivity contribution in [1.29, 1.82) is 0 Å². The van der Waals surface area contributed by atoms with Crippen molar-refractivity contribution in [3.63, 3.8) is 0 Å². The Bertz CT molecular complexity index is 616. The molecular formula is C17H18N4O. The van der Waals surface area contributed by atoms with Crippen LogP contribution in [0.5, 0.6) is 0 Å². The van der Waals surface area contributed by atoms with E-state index in [1.807, 2.05) is 24.4 Å². The lowest BCUT2D eigenvalue weighted by Gasteiger charge is -2.18. The third-order valence-corrected chi connectivity index (χ3v) is 3.42. The second-order valence-corrected chi connectivity index (χ2v) is 5.01. The molecule has 5 heteroatoms. The summed E-state index contributed by atoms with van der Waals surface area (Å²) >= 11 is 0. The summed E-state index contributed by atoms with van der Waals surface area (Å²) in [4.78, 5) is 15.3. The number of aryl methyl sites for hydroxylation is 1. The highest BCUT2D eigenvalue weighted by molar-refractivity contribution is 5.26. The molecule has 0 aliphatic rings. The summed E-state index contributed by atoms with van der Waals surface area (Å²) < 4.78 is 6.10. The Morgan fingerprint density at radius 3 is 2.50 bits per heavy atom. The first-order valence-electron chi connectivity index (χ1n) is 7.32. The van der Waals surface area contributed by atoms with Crippen LogP contribution in [0.4, 0.5) is 0 Å². The van der Waals surface area contributed by atoms with Gasteiger partial charge in [0.05, 0.1) is 6.33 Å². The van der Waals surface area contributed by atoms with Crippen LogP contribution in [0.2, 0.25) is 0 Å². The number of ether oxygens (including phenoxy) is 1. The van der Waals surface area contributed by atoms with Gasteiger partial charge in [-0.15, -0.1) is 0 Å². The van der Waals surface area contributed by atoms with Crippen molar-refractivity contribution in [2.24, 2.45) is 0 Å². The molecule has 2 aromatic heterocycles. The number of imidazole rings is 1. The molecule has 1 atom stereocenters. The van der Waals surface area contributed by atoms with Gasteiger partial charge in [0.2, 0.25) is 0 Å². The van der Waals surface area contributed by atoms with E-state index >= 15 is 0 Å². The van der Waals surface area contributed by atoms with Gasteiger partial charge in [-0.1, -0.05) is 30.3 Å². The molecule has 1 aromatic carbocycles. The number of aromatic amines is 1. The summed E-state index contributed by atoms with van der Waals surface area (Å²) in [5.41, 5.74) is 3.21. The minimum absolute atomic E-state index is 0.135. The number of nitrogens with zero attached hydrogens (tertiary/aromatic N) is 3.